The quantitative estimate of drug-likeness (QED) is 0.387. The number of thiophene rings is 1. The van der Waals surface area contributed by atoms with Gasteiger partial charge in [-0.25, -0.2) is 0 Å². The lowest BCUT2D eigenvalue weighted by Crippen LogP contribution is -2.28. The van der Waals surface area contributed by atoms with Gasteiger partial charge in [-0.3, -0.25) is 19.2 Å². The summed E-state index contributed by atoms with van der Waals surface area (Å²) in [5.41, 5.74) is 6.63. The Morgan fingerprint density at radius 3 is 2.27 bits per heavy atom. The zero-order chi connectivity index (χ0) is 24.0. The number of carbonyl (C=O) groups is 4. The number of nitrogens with two attached hydrogens (primary N) is 1. The van der Waals surface area contributed by atoms with Crippen molar-refractivity contribution in [2.24, 2.45) is 5.73 Å². The SMILES string of the molecule is Cc1cc(NC(=O)c2ccccc2Cl)sc1C(=O)Nc1ccccc1C(=O)NCCC(N)=O. The Morgan fingerprint density at radius 1 is 0.909 bits per heavy atom. The maximum Gasteiger partial charge on any atom is 0.266 e. The summed E-state index contributed by atoms with van der Waals surface area (Å²) in [7, 11) is 0. The van der Waals surface area contributed by atoms with Crippen molar-refractivity contribution in [3.63, 3.8) is 0 Å². The molecule has 5 N–H and O–H groups in total. The number of anilines is 2. The van der Waals surface area contributed by atoms with Crippen LogP contribution in [0.15, 0.2) is 54.6 Å². The van der Waals surface area contributed by atoms with Crippen molar-refractivity contribution >= 4 is 57.3 Å². The van der Waals surface area contributed by atoms with Crippen molar-refractivity contribution in [3.8, 4) is 0 Å². The molecule has 3 aromatic rings. The molecule has 0 saturated carbocycles. The second-order valence-electron chi connectivity index (χ2n) is 7.03. The summed E-state index contributed by atoms with van der Waals surface area (Å²) in [4.78, 5) is 49.1. The molecule has 170 valence electrons. The molecule has 33 heavy (non-hydrogen) atoms. The van der Waals surface area contributed by atoms with E-state index in [1.54, 1.807) is 61.5 Å². The van der Waals surface area contributed by atoms with Crippen molar-refractivity contribution in [1.82, 2.24) is 5.32 Å². The highest BCUT2D eigenvalue weighted by Gasteiger charge is 2.19. The predicted octanol–water partition coefficient (Wildman–Crippen LogP) is 3.82. The molecular weight excluding hydrogens is 464 g/mol. The average Bonchev–Trinajstić information content (AvgIpc) is 3.14. The van der Waals surface area contributed by atoms with Gasteiger partial charge in [0.05, 0.1) is 31.7 Å². The van der Waals surface area contributed by atoms with Crippen molar-refractivity contribution < 1.29 is 19.2 Å². The third kappa shape index (κ3) is 6.18. The van der Waals surface area contributed by atoms with Crippen LogP contribution in [0.3, 0.4) is 0 Å². The first kappa shape index (κ1) is 24.0. The Hall–Kier alpha value is -3.69. The van der Waals surface area contributed by atoms with Gasteiger partial charge in [0, 0.05) is 13.0 Å². The van der Waals surface area contributed by atoms with E-state index in [4.69, 9.17) is 17.3 Å². The number of hydrogen-bond acceptors (Lipinski definition) is 5. The lowest BCUT2D eigenvalue weighted by atomic mass is 10.1. The van der Waals surface area contributed by atoms with Gasteiger partial charge >= 0.3 is 0 Å². The second-order valence-corrected chi connectivity index (χ2v) is 8.49. The molecule has 0 bridgehead atoms. The van der Waals surface area contributed by atoms with Gasteiger partial charge in [-0.15, -0.1) is 11.3 Å². The first-order valence-corrected chi connectivity index (χ1v) is 11.1. The third-order valence-corrected chi connectivity index (χ3v) is 6.04. The van der Waals surface area contributed by atoms with E-state index < -0.39 is 17.7 Å². The number of amides is 4. The average molecular weight is 485 g/mol. The van der Waals surface area contributed by atoms with E-state index in [1.165, 1.54) is 0 Å². The Balaban J connectivity index is 1.72. The summed E-state index contributed by atoms with van der Waals surface area (Å²) >= 11 is 7.18. The lowest BCUT2D eigenvalue weighted by Gasteiger charge is -2.11. The van der Waals surface area contributed by atoms with E-state index in [9.17, 15) is 19.2 Å². The van der Waals surface area contributed by atoms with E-state index >= 15 is 0 Å². The highest BCUT2D eigenvalue weighted by Crippen LogP contribution is 2.29. The molecule has 0 aliphatic heterocycles. The summed E-state index contributed by atoms with van der Waals surface area (Å²) < 4.78 is 0. The monoisotopic (exact) mass is 484 g/mol. The van der Waals surface area contributed by atoms with Gasteiger partial charge in [0.2, 0.25) is 5.91 Å². The summed E-state index contributed by atoms with van der Waals surface area (Å²) in [6.07, 6.45) is 0.0113. The zero-order valence-corrected chi connectivity index (χ0v) is 19.2. The Labute approximate surface area is 199 Å². The minimum absolute atomic E-state index is 0.0113. The van der Waals surface area contributed by atoms with Crippen LogP contribution in [-0.2, 0) is 4.79 Å². The predicted molar refractivity (Wildman–Crippen MR) is 129 cm³/mol. The molecule has 4 amide bonds. The van der Waals surface area contributed by atoms with Crippen molar-refractivity contribution in [3.05, 3.63) is 81.2 Å². The van der Waals surface area contributed by atoms with Crippen LogP contribution in [0.1, 0.15) is 42.4 Å². The molecule has 0 aliphatic carbocycles. The van der Waals surface area contributed by atoms with E-state index in [1.807, 2.05) is 0 Å². The Bertz CT molecular complexity index is 1220. The number of primary amides is 1. The van der Waals surface area contributed by atoms with E-state index in [2.05, 4.69) is 16.0 Å². The molecule has 3 rings (SSSR count). The standard InChI is InChI=1S/C23H21ClN4O4S/c1-13-12-19(28-22(31)14-6-2-4-8-16(14)24)33-20(13)23(32)27-17-9-5-3-7-15(17)21(30)26-11-10-18(25)29/h2-9,12H,10-11H2,1H3,(H2,25,29)(H,26,30)(H,27,32)(H,28,31). The number of benzene rings is 2. The molecule has 2 aromatic carbocycles. The van der Waals surface area contributed by atoms with Crippen LogP contribution in [0.4, 0.5) is 10.7 Å². The number of para-hydroxylation sites is 1. The molecule has 0 atom stereocenters. The number of aryl methyl sites for hydroxylation is 1. The smallest absolute Gasteiger partial charge is 0.266 e. The van der Waals surface area contributed by atoms with Gasteiger partial charge in [0.1, 0.15) is 0 Å². The number of nitrogens with one attached hydrogen (secondary N) is 3. The van der Waals surface area contributed by atoms with Gasteiger partial charge in [-0.1, -0.05) is 35.9 Å². The summed E-state index contributed by atoms with van der Waals surface area (Å²) in [6.45, 7) is 1.84. The van der Waals surface area contributed by atoms with Crippen LogP contribution in [-0.4, -0.2) is 30.2 Å². The van der Waals surface area contributed by atoms with Crippen molar-refractivity contribution in [2.75, 3.05) is 17.2 Å². The van der Waals surface area contributed by atoms with Gasteiger partial charge in [-0.2, -0.15) is 0 Å². The molecule has 0 saturated heterocycles. The Kier molecular flexibility index (Phi) is 7.81. The van der Waals surface area contributed by atoms with Gasteiger partial charge in [-0.05, 0) is 42.8 Å². The van der Waals surface area contributed by atoms with Crippen molar-refractivity contribution in [1.29, 1.82) is 0 Å². The zero-order valence-electron chi connectivity index (χ0n) is 17.6. The number of rotatable bonds is 8. The number of halogens is 1. The highest BCUT2D eigenvalue weighted by molar-refractivity contribution is 7.18. The van der Waals surface area contributed by atoms with E-state index in [-0.39, 0.29) is 24.4 Å². The van der Waals surface area contributed by atoms with Crippen LogP contribution < -0.4 is 21.7 Å². The molecule has 1 heterocycles. The van der Waals surface area contributed by atoms with Gasteiger partial charge in [0.25, 0.3) is 17.7 Å². The number of hydrogen-bond donors (Lipinski definition) is 4. The fourth-order valence-corrected chi connectivity index (χ4v) is 4.14. The second kappa shape index (κ2) is 10.8. The van der Waals surface area contributed by atoms with Gasteiger partial charge in [0.15, 0.2) is 0 Å². The van der Waals surface area contributed by atoms with Gasteiger partial charge < -0.3 is 21.7 Å². The summed E-state index contributed by atoms with van der Waals surface area (Å²) in [5, 5.41) is 8.90. The van der Waals surface area contributed by atoms with E-state index in [0.29, 0.717) is 31.7 Å². The maximum absolute atomic E-state index is 12.9. The van der Waals surface area contributed by atoms with Crippen molar-refractivity contribution in [2.45, 2.75) is 13.3 Å². The van der Waals surface area contributed by atoms with Crippen LogP contribution in [0.25, 0.3) is 0 Å². The first-order valence-electron chi connectivity index (χ1n) is 9.89. The normalized spacial score (nSPS) is 10.4. The fourth-order valence-electron chi connectivity index (χ4n) is 2.96. The minimum atomic E-state index is -0.525. The third-order valence-electron chi connectivity index (χ3n) is 4.56. The van der Waals surface area contributed by atoms with Crippen LogP contribution in [0.2, 0.25) is 5.02 Å². The van der Waals surface area contributed by atoms with Crippen LogP contribution in [0.5, 0.6) is 0 Å². The maximum atomic E-state index is 12.9. The molecule has 0 unspecified atom stereocenters. The van der Waals surface area contributed by atoms with Crippen LogP contribution >= 0.6 is 22.9 Å². The molecule has 1 aromatic heterocycles. The number of carbonyl (C=O) groups excluding carboxylic acids is 4. The molecule has 0 spiro atoms. The Morgan fingerprint density at radius 2 is 1.58 bits per heavy atom. The van der Waals surface area contributed by atoms with E-state index in [0.717, 1.165) is 11.3 Å². The molecule has 8 nitrogen and oxygen atoms in total. The molecule has 10 heteroatoms. The molecular formula is C23H21ClN4O4S. The fraction of sp³-hybridized carbons (Fsp3) is 0.130. The molecule has 0 aliphatic rings. The lowest BCUT2D eigenvalue weighted by molar-refractivity contribution is -0.117. The minimum Gasteiger partial charge on any atom is -0.370 e. The molecule has 0 radical (unpaired) electrons. The summed E-state index contributed by atoms with van der Waals surface area (Å²) in [5.74, 6) is -1.77. The largest absolute Gasteiger partial charge is 0.370 e. The first-order chi connectivity index (χ1) is 15.8. The molecule has 0 fully saturated rings. The topological polar surface area (TPSA) is 130 Å². The highest BCUT2D eigenvalue weighted by atomic mass is 35.5. The summed E-state index contributed by atoms with van der Waals surface area (Å²) in [6, 6.07) is 14.9. The van der Waals surface area contributed by atoms with Crippen LogP contribution in [0, 0.1) is 6.92 Å².